The van der Waals surface area contributed by atoms with Gasteiger partial charge in [0.2, 0.25) is 0 Å². The van der Waals surface area contributed by atoms with Crippen LogP contribution in [0.25, 0.3) is 10.4 Å². The number of anilines is 2. The van der Waals surface area contributed by atoms with Crippen LogP contribution >= 0.6 is 27.3 Å². The summed E-state index contributed by atoms with van der Waals surface area (Å²) in [6.45, 7) is 7.01. The number of urea groups is 1. The number of hydrogen-bond acceptors (Lipinski definition) is 9. The zero-order valence-corrected chi connectivity index (χ0v) is 27.5. The Balaban J connectivity index is 1.35. The molecule has 1 fully saturated rings. The molecule has 0 radical (unpaired) electrons. The van der Waals surface area contributed by atoms with Crippen molar-refractivity contribution in [3.05, 3.63) is 63.4 Å². The molecular weight excluding hydrogens is 648 g/mol. The van der Waals surface area contributed by atoms with Gasteiger partial charge >= 0.3 is 18.0 Å². The van der Waals surface area contributed by atoms with E-state index in [-0.39, 0.29) is 23.3 Å². The van der Waals surface area contributed by atoms with Gasteiger partial charge in [0.25, 0.3) is 0 Å². The van der Waals surface area contributed by atoms with Crippen LogP contribution in [-0.2, 0) is 14.3 Å². The van der Waals surface area contributed by atoms with Gasteiger partial charge in [-0.05, 0) is 97.4 Å². The van der Waals surface area contributed by atoms with Crippen molar-refractivity contribution in [2.45, 2.75) is 39.2 Å². The van der Waals surface area contributed by atoms with Crippen molar-refractivity contribution >= 4 is 56.6 Å². The lowest BCUT2D eigenvalue weighted by Crippen LogP contribution is -2.42. The number of benzene rings is 2. The lowest BCUT2D eigenvalue weighted by Gasteiger charge is -2.32. The summed E-state index contributed by atoms with van der Waals surface area (Å²) in [6.07, 6.45) is 1.73. The maximum absolute atomic E-state index is 12.7. The molecule has 232 valence electrons. The van der Waals surface area contributed by atoms with Crippen molar-refractivity contribution in [3.8, 4) is 22.3 Å². The van der Waals surface area contributed by atoms with Gasteiger partial charge in [-0.3, -0.25) is 0 Å². The number of nitrogens with one attached hydrogen (secondary N) is 2. The number of likely N-dealkylation sites (tertiary alicyclic amines) is 1. The number of ether oxygens (including phenoxy) is 3. The van der Waals surface area contributed by atoms with Crippen molar-refractivity contribution in [2.24, 2.45) is 5.92 Å². The lowest BCUT2D eigenvalue weighted by molar-refractivity contribution is -0.157. The van der Waals surface area contributed by atoms with Gasteiger partial charge in [-0.15, -0.1) is 11.3 Å². The number of piperidine rings is 1. The van der Waals surface area contributed by atoms with Gasteiger partial charge in [0, 0.05) is 31.0 Å². The van der Waals surface area contributed by atoms with Crippen LogP contribution in [0.2, 0.25) is 0 Å². The summed E-state index contributed by atoms with van der Waals surface area (Å²) < 4.78 is 16.6. The monoisotopic (exact) mass is 682 g/mol. The number of esters is 2. The van der Waals surface area contributed by atoms with Crippen LogP contribution in [0.15, 0.2) is 53.0 Å². The van der Waals surface area contributed by atoms with Gasteiger partial charge < -0.3 is 29.7 Å². The van der Waals surface area contributed by atoms with E-state index in [1.54, 1.807) is 45.0 Å². The fourth-order valence-electron chi connectivity index (χ4n) is 4.64. The molecule has 3 aromatic rings. The molecule has 0 saturated carbocycles. The molecule has 1 aromatic heterocycles. The third kappa shape index (κ3) is 8.74. The summed E-state index contributed by atoms with van der Waals surface area (Å²) in [5.41, 5.74) is 2.33. The quantitative estimate of drug-likeness (QED) is 0.233. The van der Waals surface area contributed by atoms with Crippen molar-refractivity contribution in [1.82, 2.24) is 4.90 Å². The molecule has 2 amide bonds. The summed E-state index contributed by atoms with van der Waals surface area (Å²) >= 11 is 4.79. The second-order valence-corrected chi connectivity index (χ2v) is 13.1. The topological polar surface area (TPSA) is 130 Å². The van der Waals surface area contributed by atoms with Gasteiger partial charge in [0.15, 0.2) is 17.2 Å². The van der Waals surface area contributed by atoms with E-state index in [2.05, 4.69) is 32.6 Å². The normalized spacial score (nSPS) is 13.5. The van der Waals surface area contributed by atoms with Crippen LogP contribution in [0.1, 0.15) is 48.8 Å². The predicted octanol–water partition coefficient (Wildman–Crippen LogP) is 6.91. The van der Waals surface area contributed by atoms with Gasteiger partial charge in [0.1, 0.15) is 5.60 Å². The third-order valence-corrected chi connectivity index (χ3v) is 9.04. The first-order valence-electron chi connectivity index (χ1n) is 14.1. The predicted molar refractivity (Wildman–Crippen MR) is 173 cm³/mol. The number of amides is 2. The number of thiophene rings is 1. The van der Waals surface area contributed by atoms with Crippen molar-refractivity contribution in [2.75, 3.05) is 44.0 Å². The van der Waals surface area contributed by atoms with Gasteiger partial charge in [-0.1, -0.05) is 12.1 Å². The number of carbonyl (C=O) groups is 3. The van der Waals surface area contributed by atoms with Crippen molar-refractivity contribution in [1.29, 1.82) is 5.26 Å². The molecule has 0 unspecified atom stereocenters. The minimum absolute atomic E-state index is 0.142. The molecule has 0 aliphatic carbocycles. The number of halogens is 1. The first-order chi connectivity index (χ1) is 21.0. The molecular formula is C32H35BrN4O6S. The first kappa shape index (κ1) is 32.8. The van der Waals surface area contributed by atoms with E-state index in [4.69, 9.17) is 19.5 Å². The Morgan fingerprint density at radius 3 is 2.43 bits per heavy atom. The van der Waals surface area contributed by atoms with Crippen LogP contribution in [0.5, 0.6) is 5.75 Å². The molecule has 1 saturated heterocycles. The smallest absolute Gasteiger partial charge is 0.351 e. The highest BCUT2D eigenvalue weighted by Gasteiger charge is 2.27. The highest BCUT2D eigenvalue weighted by Crippen LogP contribution is 2.46. The molecule has 2 N–H and O–H groups in total. The molecule has 2 heterocycles. The molecule has 0 spiro atoms. The van der Waals surface area contributed by atoms with Gasteiger partial charge in [-0.25, -0.2) is 14.4 Å². The molecule has 4 rings (SSSR count). The van der Waals surface area contributed by atoms with Gasteiger partial charge in [-0.2, -0.15) is 5.26 Å². The van der Waals surface area contributed by atoms with Crippen LogP contribution < -0.4 is 15.4 Å². The van der Waals surface area contributed by atoms with E-state index in [1.807, 2.05) is 29.2 Å². The van der Waals surface area contributed by atoms with Crippen LogP contribution in [0.3, 0.4) is 0 Å². The van der Waals surface area contributed by atoms with Crippen LogP contribution in [0.4, 0.5) is 16.2 Å². The van der Waals surface area contributed by atoms with E-state index in [9.17, 15) is 14.4 Å². The van der Waals surface area contributed by atoms with E-state index in [0.717, 1.165) is 35.5 Å². The molecule has 12 heteroatoms. The molecule has 0 atom stereocenters. The Hall–Kier alpha value is -4.08. The Morgan fingerprint density at radius 1 is 1.09 bits per heavy atom. The van der Waals surface area contributed by atoms with E-state index in [0.29, 0.717) is 34.7 Å². The van der Waals surface area contributed by atoms with Gasteiger partial charge in [0.05, 0.1) is 28.1 Å². The minimum atomic E-state index is -0.658. The molecule has 1 aliphatic heterocycles. The molecule has 44 heavy (non-hydrogen) atoms. The molecule has 0 bridgehead atoms. The Kier molecular flexibility index (Phi) is 10.9. The fraction of sp³-hybridized carbons (Fsp3) is 0.375. The van der Waals surface area contributed by atoms with Crippen LogP contribution in [0, 0.1) is 17.2 Å². The van der Waals surface area contributed by atoms with E-state index >= 15 is 0 Å². The number of hydrogen-bond donors (Lipinski definition) is 2. The first-order valence-corrected chi connectivity index (χ1v) is 15.7. The van der Waals surface area contributed by atoms with E-state index in [1.165, 1.54) is 18.4 Å². The van der Waals surface area contributed by atoms with Crippen LogP contribution in [-0.4, -0.2) is 61.8 Å². The maximum atomic E-state index is 12.7. The highest BCUT2D eigenvalue weighted by molar-refractivity contribution is 9.10. The summed E-state index contributed by atoms with van der Waals surface area (Å²) in [5, 5.41) is 15.4. The minimum Gasteiger partial charge on any atom is -0.479 e. The number of carbonyl (C=O) groups excluding carboxylic acids is 3. The second-order valence-electron chi connectivity index (χ2n) is 11.3. The molecule has 2 aromatic carbocycles. The zero-order chi connectivity index (χ0) is 31.9. The SMILES string of the molecule is COC(=O)c1sc(-c2cccc(NCC3CCN(C(=O)Nc4ccc(C#N)cc4)CC3)c2)c(Br)c1OCC(=O)OC(C)(C)C. The average molecular weight is 684 g/mol. The summed E-state index contributed by atoms with van der Waals surface area (Å²) in [5.74, 6) is -0.481. The fourth-order valence-corrected chi connectivity index (χ4v) is 6.61. The Bertz CT molecular complexity index is 1540. The average Bonchev–Trinajstić information content (AvgIpc) is 3.34. The number of rotatable bonds is 9. The molecule has 10 nitrogen and oxygen atoms in total. The lowest BCUT2D eigenvalue weighted by atomic mass is 9.97. The number of nitrogens with zero attached hydrogens (tertiary/aromatic N) is 2. The number of methoxy groups -OCH3 is 1. The van der Waals surface area contributed by atoms with Crippen molar-refractivity contribution in [3.63, 3.8) is 0 Å². The maximum Gasteiger partial charge on any atom is 0.351 e. The summed E-state index contributed by atoms with van der Waals surface area (Å²) in [6, 6.07) is 16.6. The molecule has 1 aliphatic rings. The largest absolute Gasteiger partial charge is 0.479 e. The Labute approximate surface area is 269 Å². The Morgan fingerprint density at radius 2 is 1.80 bits per heavy atom. The second kappa shape index (κ2) is 14.6. The summed E-state index contributed by atoms with van der Waals surface area (Å²) in [4.78, 5) is 40.3. The third-order valence-electron chi connectivity index (χ3n) is 6.82. The number of nitriles is 1. The van der Waals surface area contributed by atoms with E-state index < -0.39 is 17.5 Å². The van der Waals surface area contributed by atoms with Crippen molar-refractivity contribution < 1.29 is 28.6 Å². The highest BCUT2D eigenvalue weighted by atomic mass is 79.9. The zero-order valence-electron chi connectivity index (χ0n) is 25.1. The summed E-state index contributed by atoms with van der Waals surface area (Å²) in [7, 11) is 1.30. The standard InChI is InChI=1S/C32H35BrN4O6S/c1-32(2,3)43-25(38)19-42-27-26(33)28(44-29(27)30(39)41-4)22-6-5-7-24(16-22)35-18-21-12-14-37(15-13-21)31(40)36-23-10-8-20(17-34)9-11-23/h5-11,16,21,35H,12-15,18-19H2,1-4H3,(H,36,40).